The molecule has 2 aromatic heterocycles. The lowest BCUT2D eigenvalue weighted by Crippen LogP contribution is -2.31. The van der Waals surface area contributed by atoms with Crippen LogP contribution in [0.25, 0.3) is 11.2 Å². The summed E-state index contributed by atoms with van der Waals surface area (Å²) in [5, 5.41) is 12.1. The number of carboxylic acid groups (broad SMARTS) is 1. The van der Waals surface area contributed by atoms with E-state index in [1.807, 2.05) is 6.92 Å². The summed E-state index contributed by atoms with van der Waals surface area (Å²) in [7, 11) is 0. The number of ether oxygens (including phenoxy) is 1. The predicted molar refractivity (Wildman–Crippen MR) is 110 cm³/mol. The number of aryl methyl sites for hydroxylation is 1. The SMILES string of the molecule is Cc1nc2cnc(NC3CCC(OC(=O)CCC(=O)O)CC3)nc2n1C1CCCC1. The molecule has 0 atom stereocenters. The highest BCUT2D eigenvalue weighted by Crippen LogP contribution is 2.33. The molecule has 2 heterocycles. The molecule has 0 spiro atoms. The second-order valence-electron chi connectivity index (χ2n) is 8.37. The van der Waals surface area contributed by atoms with Gasteiger partial charge in [0.1, 0.15) is 17.4 Å². The van der Waals surface area contributed by atoms with Crippen molar-refractivity contribution in [2.45, 2.75) is 89.3 Å². The summed E-state index contributed by atoms with van der Waals surface area (Å²) in [6, 6.07) is 0.698. The maximum absolute atomic E-state index is 11.7. The van der Waals surface area contributed by atoms with Gasteiger partial charge in [-0.15, -0.1) is 0 Å². The molecule has 2 aliphatic carbocycles. The summed E-state index contributed by atoms with van der Waals surface area (Å²) in [4.78, 5) is 36.1. The molecule has 0 unspecified atom stereocenters. The molecule has 30 heavy (non-hydrogen) atoms. The number of nitrogens with one attached hydrogen (secondary N) is 1. The van der Waals surface area contributed by atoms with Crippen molar-refractivity contribution < 1.29 is 19.4 Å². The first-order valence-corrected chi connectivity index (χ1v) is 10.9. The standard InChI is InChI=1S/C21H29N5O4/c1-13-23-17-12-22-21(25-20(17)26(13)15-4-2-3-5-15)24-14-6-8-16(9-7-14)30-19(29)11-10-18(27)28/h12,14-16H,2-11H2,1H3,(H,27,28)(H,22,24,25). The van der Waals surface area contributed by atoms with Gasteiger partial charge in [-0.05, 0) is 45.4 Å². The van der Waals surface area contributed by atoms with Crippen LogP contribution in [0, 0.1) is 6.92 Å². The van der Waals surface area contributed by atoms with Gasteiger partial charge in [0.2, 0.25) is 5.95 Å². The van der Waals surface area contributed by atoms with Crippen molar-refractivity contribution in [2.75, 3.05) is 5.32 Å². The Hall–Kier alpha value is -2.71. The van der Waals surface area contributed by atoms with E-state index in [9.17, 15) is 9.59 Å². The molecule has 2 saturated carbocycles. The summed E-state index contributed by atoms with van der Waals surface area (Å²) in [5.41, 5.74) is 1.74. The number of fused-ring (bicyclic) bond motifs is 1. The number of esters is 1. The third kappa shape index (κ3) is 4.71. The van der Waals surface area contributed by atoms with Crippen LogP contribution in [0.3, 0.4) is 0 Å². The molecule has 0 aliphatic heterocycles. The van der Waals surface area contributed by atoms with Crippen LogP contribution in [0.1, 0.15) is 76.1 Å². The Morgan fingerprint density at radius 2 is 1.87 bits per heavy atom. The van der Waals surface area contributed by atoms with E-state index in [1.54, 1.807) is 6.20 Å². The zero-order valence-corrected chi connectivity index (χ0v) is 17.3. The molecule has 0 radical (unpaired) electrons. The van der Waals surface area contributed by atoms with Crippen molar-refractivity contribution >= 4 is 29.1 Å². The number of rotatable bonds is 7. The van der Waals surface area contributed by atoms with Gasteiger partial charge in [0.15, 0.2) is 5.65 Å². The Labute approximate surface area is 175 Å². The van der Waals surface area contributed by atoms with Crippen molar-refractivity contribution in [3.8, 4) is 0 Å². The number of aromatic nitrogens is 4. The van der Waals surface area contributed by atoms with Crippen molar-refractivity contribution in [3.63, 3.8) is 0 Å². The van der Waals surface area contributed by atoms with Gasteiger partial charge >= 0.3 is 11.9 Å². The molecule has 4 rings (SSSR count). The fourth-order valence-corrected chi connectivity index (χ4v) is 4.63. The molecule has 0 aromatic carbocycles. The van der Waals surface area contributed by atoms with Gasteiger partial charge in [0.25, 0.3) is 0 Å². The molecule has 0 bridgehead atoms. The van der Waals surface area contributed by atoms with Crippen LogP contribution in [0.4, 0.5) is 5.95 Å². The summed E-state index contributed by atoms with van der Waals surface area (Å²) >= 11 is 0. The Morgan fingerprint density at radius 3 is 2.57 bits per heavy atom. The summed E-state index contributed by atoms with van der Waals surface area (Å²) in [5.74, 6) is 0.191. The molecule has 0 saturated heterocycles. The zero-order valence-electron chi connectivity index (χ0n) is 17.3. The lowest BCUT2D eigenvalue weighted by atomic mass is 9.93. The first-order valence-electron chi connectivity index (χ1n) is 10.9. The smallest absolute Gasteiger partial charge is 0.306 e. The fraction of sp³-hybridized carbons (Fsp3) is 0.667. The Balaban J connectivity index is 1.34. The number of carbonyl (C=O) groups is 2. The second-order valence-corrected chi connectivity index (χ2v) is 8.37. The molecule has 2 fully saturated rings. The second kappa shape index (κ2) is 8.97. The molecular weight excluding hydrogens is 386 g/mol. The van der Waals surface area contributed by atoms with Gasteiger partial charge in [-0.2, -0.15) is 4.98 Å². The number of aliphatic carboxylic acids is 1. The van der Waals surface area contributed by atoms with Gasteiger partial charge in [0, 0.05) is 12.1 Å². The number of nitrogens with zero attached hydrogens (tertiary/aromatic N) is 4. The lowest BCUT2D eigenvalue weighted by Gasteiger charge is -2.28. The number of hydrogen-bond acceptors (Lipinski definition) is 7. The van der Waals surface area contributed by atoms with Crippen LogP contribution in [0.5, 0.6) is 0 Å². The third-order valence-electron chi connectivity index (χ3n) is 6.15. The van der Waals surface area contributed by atoms with E-state index >= 15 is 0 Å². The van der Waals surface area contributed by atoms with Gasteiger partial charge < -0.3 is 19.7 Å². The highest BCUT2D eigenvalue weighted by Gasteiger charge is 2.26. The molecule has 0 amide bonds. The average Bonchev–Trinajstić information content (AvgIpc) is 3.34. The van der Waals surface area contributed by atoms with E-state index < -0.39 is 11.9 Å². The molecule has 9 heteroatoms. The first-order chi connectivity index (χ1) is 14.5. The van der Waals surface area contributed by atoms with Gasteiger partial charge in [-0.25, -0.2) is 9.97 Å². The van der Waals surface area contributed by atoms with Crippen molar-refractivity contribution in [1.82, 2.24) is 19.5 Å². The van der Waals surface area contributed by atoms with E-state index in [1.165, 1.54) is 25.7 Å². The summed E-state index contributed by atoms with van der Waals surface area (Å²) in [6.07, 6.45) is 9.44. The average molecular weight is 415 g/mol. The van der Waals surface area contributed by atoms with E-state index in [0.29, 0.717) is 12.0 Å². The van der Waals surface area contributed by atoms with Crippen molar-refractivity contribution in [1.29, 1.82) is 0 Å². The van der Waals surface area contributed by atoms with Crippen LogP contribution in [-0.4, -0.2) is 48.7 Å². The maximum atomic E-state index is 11.7. The first kappa shape index (κ1) is 20.6. The summed E-state index contributed by atoms with van der Waals surface area (Å²) in [6.45, 7) is 2.03. The van der Waals surface area contributed by atoms with Gasteiger partial charge in [-0.3, -0.25) is 9.59 Å². The Bertz CT molecular complexity index is 914. The molecule has 2 aliphatic rings. The summed E-state index contributed by atoms with van der Waals surface area (Å²) < 4.78 is 7.67. The van der Waals surface area contributed by atoms with Crippen molar-refractivity contribution in [3.05, 3.63) is 12.0 Å². The number of carbonyl (C=O) groups excluding carboxylic acids is 1. The number of carboxylic acids is 1. The predicted octanol–water partition coefficient (Wildman–Crippen LogP) is 3.38. The molecule has 2 N–H and O–H groups in total. The van der Waals surface area contributed by atoms with Gasteiger partial charge in [0.05, 0.1) is 19.0 Å². The maximum Gasteiger partial charge on any atom is 0.306 e. The van der Waals surface area contributed by atoms with Crippen molar-refractivity contribution in [2.24, 2.45) is 0 Å². The van der Waals surface area contributed by atoms with E-state index in [2.05, 4.69) is 19.9 Å². The fourth-order valence-electron chi connectivity index (χ4n) is 4.63. The highest BCUT2D eigenvalue weighted by atomic mass is 16.5. The van der Waals surface area contributed by atoms with Crippen LogP contribution in [-0.2, 0) is 14.3 Å². The molecular formula is C21H29N5O4. The molecule has 162 valence electrons. The quantitative estimate of drug-likeness (QED) is 0.661. The van der Waals surface area contributed by atoms with Crippen LogP contribution in [0.2, 0.25) is 0 Å². The minimum Gasteiger partial charge on any atom is -0.481 e. The van der Waals surface area contributed by atoms with Crippen LogP contribution in [0.15, 0.2) is 6.20 Å². The highest BCUT2D eigenvalue weighted by molar-refractivity contribution is 5.76. The normalized spacial score (nSPS) is 22.3. The zero-order chi connectivity index (χ0) is 21.1. The van der Waals surface area contributed by atoms with E-state index in [0.717, 1.165) is 42.7 Å². The topological polar surface area (TPSA) is 119 Å². The number of anilines is 1. The minimum absolute atomic E-state index is 0.0739. The molecule has 9 nitrogen and oxygen atoms in total. The largest absolute Gasteiger partial charge is 0.481 e. The minimum atomic E-state index is -0.985. The third-order valence-corrected chi connectivity index (χ3v) is 6.15. The Morgan fingerprint density at radius 1 is 1.13 bits per heavy atom. The molecule has 2 aromatic rings. The van der Waals surface area contributed by atoms with Crippen LogP contribution < -0.4 is 5.32 Å². The van der Waals surface area contributed by atoms with E-state index in [4.69, 9.17) is 14.8 Å². The number of hydrogen-bond donors (Lipinski definition) is 2. The number of imidazole rings is 1. The Kier molecular flexibility index (Phi) is 6.15. The van der Waals surface area contributed by atoms with Crippen LogP contribution >= 0.6 is 0 Å². The van der Waals surface area contributed by atoms with Gasteiger partial charge in [-0.1, -0.05) is 12.8 Å². The lowest BCUT2D eigenvalue weighted by molar-refractivity contribution is -0.153. The monoisotopic (exact) mass is 415 g/mol. The van der Waals surface area contributed by atoms with E-state index in [-0.39, 0.29) is 25.0 Å².